The zero-order valence-corrected chi connectivity index (χ0v) is 14.4. The van der Waals surface area contributed by atoms with E-state index in [4.69, 9.17) is 4.99 Å². The molecular weight excluding hydrogens is 298 g/mol. The van der Waals surface area contributed by atoms with Crippen molar-refractivity contribution in [3.63, 3.8) is 0 Å². The molecule has 2 heterocycles. The monoisotopic (exact) mass is 323 g/mol. The van der Waals surface area contributed by atoms with Crippen LogP contribution in [0, 0.1) is 0 Å². The molecule has 6 nitrogen and oxygen atoms in total. The molecule has 0 aromatic carbocycles. The highest BCUT2D eigenvalue weighted by Crippen LogP contribution is 2.14. The number of piperazine rings is 1. The molecule has 0 atom stereocenters. The number of nitrogens with zero attached hydrogens (tertiary/aromatic N) is 4. The lowest BCUT2D eigenvalue weighted by molar-refractivity contribution is -0.130. The number of aromatic nitrogens is 1. The first-order chi connectivity index (χ1) is 10.6. The zero-order chi connectivity index (χ0) is 15.9. The highest BCUT2D eigenvalue weighted by Gasteiger charge is 2.20. The third-order valence-corrected chi connectivity index (χ3v) is 4.80. The fraction of sp³-hybridized carbons (Fsp3) is 0.667. The van der Waals surface area contributed by atoms with Gasteiger partial charge in [-0.15, -0.1) is 11.3 Å². The van der Waals surface area contributed by atoms with Crippen LogP contribution < -0.4 is 5.32 Å². The van der Waals surface area contributed by atoms with Crippen LogP contribution in [-0.4, -0.2) is 59.4 Å². The minimum absolute atomic E-state index is 0.150. The van der Waals surface area contributed by atoms with Crippen molar-refractivity contribution >= 4 is 23.2 Å². The Bertz CT molecular complexity index is 520. The minimum atomic E-state index is 0.150. The molecule has 122 valence electrons. The first kappa shape index (κ1) is 16.7. The SMILES string of the molecule is CCNC(=NCc1ncc(CC)s1)N1CCN(C(C)=O)CC1. The molecule has 0 bridgehead atoms. The molecule has 1 aliphatic rings. The number of aliphatic imine (C=N–C) groups is 1. The van der Waals surface area contributed by atoms with Crippen molar-refractivity contribution in [2.45, 2.75) is 33.7 Å². The van der Waals surface area contributed by atoms with Gasteiger partial charge < -0.3 is 15.1 Å². The van der Waals surface area contributed by atoms with Crippen molar-refractivity contribution in [2.75, 3.05) is 32.7 Å². The van der Waals surface area contributed by atoms with E-state index in [2.05, 4.69) is 29.0 Å². The summed E-state index contributed by atoms with van der Waals surface area (Å²) in [6, 6.07) is 0. The van der Waals surface area contributed by atoms with Crippen LogP contribution in [0.5, 0.6) is 0 Å². The molecule has 0 saturated carbocycles. The van der Waals surface area contributed by atoms with Crippen LogP contribution in [0.15, 0.2) is 11.2 Å². The first-order valence-corrected chi connectivity index (χ1v) is 8.68. The summed E-state index contributed by atoms with van der Waals surface area (Å²) in [6.45, 7) is 10.5. The minimum Gasteiger partial charge on any atom is -0.357 e. The number of carbonyl (C=O) groups excluding carboxylic acids is 1. The largest absolute Gasteiger partial charge is 0.357 e. The fourth-order valence-corrected chi connectivity index (χ4v) is 3.17. The highest BCUT2D eigenvalue weighted by atomic mass is 32.1. The second kappa shape index (κ2) is 8.12. The van der Waals surface area contributed by atoms with E-state index in [0.717, 1.165) is 50.1 Å². The summed E-state index contributed by atoms with van der Waals surface area (Å²) in [7, 11) is 0. The molecule has 0 spiro atoms. The number of thiazole rings is 1. The van der Waals surface area contributed by atoms with Gasteiger partial charge in [0.05, 0.1) is 6.54 Å². The molecular formula is C15H25N5OS. The maximum absolute atomic E-state index is 11.4. The van der Waals surface area contributed by atoms with Crippen LogP contribution >= 0.6 is 11.3 Å². The van der Waals surface area contributed by atoms with E-state index >= 15 is 0 Å². The molecule has 1 saturated heterocycles. The normalized spacial score (nSPS) is 16.0. The van der Waals surface area contributed by atoms with Gasteiger partial charge >= 0.3 is 0 Å². The smallest absolute Gasteiger partial charge is 0.219 e. The van der Waals surface area contributed by atoms with Crippen LogP contribution in [-0.2, 0) is 17.8 Å². The lowest BCUT2D eigenvalue weighted by atomic mass is 10.3. The Balaban J connectivity index is 1.97. The molecule has 7 heteroatoms. The summed E-state index contributed by atoms with van der Waals surface area (Å²) in [5.41, 5.74) is 0. The molecule has 1 N–H and O–H groups in total. The zero-order valence-electron chi connectivity index (χ0n) is 13.6. The number of carbonyl (C=O) groups is 1. The Labute approximate surface area is 136 Å². The summed E-state index contributed by atoms with van der Waals surface area (Å²) in [5, 5.41) is 4.39. The molecule has 1 aliphatic heterocycles. The quantitative estimate of drug-likeness (QED) is 0.671. The molecule has 0 unspecified atom stereocenters. The van der Waals surface area contributed by atoms with E-state index in [-0.39, 0.29) is 5.91 Å². The van der Waals surface area contributed by atoms with Gasteiger partial charge in [-0.2, -0.15) is 0 Å². The summed E-state index contributed by atoms with van der Waals surface area (Å²) in [6.07, 6.45) is 2.96. The van der Waals surface area contributed by atoms with Gasteiger partial charge in [0.2, 0.25) is 5.91 Å². The van der Waals surface area contributed by atoms with Gasteiger partial charge in [0.15, 0.2) is 5.96 Å². The Morgan fingerprint density at radius 1 is 1.32 bits per heavy atom. The Morgan fingerprint density at radius 2 is 2.00 bits per heavy atom. The maximum atomic E-state index is 11.4. The van der Waals surface area contributed by atoms with E-state index < -0.39 is 0 Å². The van der Waals surface area contributed by atoms with Gasteiger partial charge in [0.25, 0.3) is 0 Å². The molecule has 1 aromatic heterocycles. The number of hydrogen-bond acceptors (Lipinski definition) is 4. The van der Waals surface area contributed by atoms with Crippen LogP contribution in [0.25, 0.3) is 0 Å². The van der Waals surface area contributed by atoms with Gasteiger partial charge in [0.1, 0.15) is 5.01 Å². The van der Waals surface area contributed by atoms with Crippen LogP contribution in [0.4, 0.5) is 0 Å². The van der Waals surface area contributed by atoms with E-state index in [1.165, 1.54) is 4.88 Å². The third kappa shape index (κ3) is 4.43. The topological polar surface area (TPSA) is 60.8 Å². The fourth-order valence-electron chi connectivity index (χ4n) is 2.39. The second-order valence-corrected chi connectivity index (χ2v) is 6.44. The van der Waals surface area contributed by atoms with Crippen molar-refractivity contribution in [2.24, 2.45) is 4.99 Å². The van der Waals surface area contributed by atoms with Gasteiger partial charge in [-0.25, -0.2) is 9.98 Å². The Kier molecular flexibility index (Phi) is 6.18. The van der Waals surface area contributed by atoms with Crippen LogP contribution in [0.3, 0.4) is 0 Å². The molecule has 2 rings (SSSR count). The summed E-state index contributed by atoms with van der Waals surface area (Å²) in [5.74, 6) is 1.07. The van der Waals surface area contributed by atoms with Gasteiger partial charge in [-0.1, -0.05) is 6.92 Å². The van der Waals surface area contributed by atoms with Crippen molar-refractivity contribution in [3.05, 3.63) is 16.1 Å². The Morgan fingerprint density at radius 3 is 2.55 bits per heavy atom. The summed E-state index contributed by atoms with van der Waals surface area (Å²) in [4.78, 5) is 25.9. The first-order valence-electron chi connectivity index (χ1n) is 7.86. The maximum Gasteiger partial charge on any atom is 0.219 e. The number of nitrogens with one attached hydrogen (secondary N) is 1. The number of guanidine groups is 1. The van der Waals surface area contributed by atoms with E-state index in [1.807, 2.05) is 11.1 Å². The van der Waals surface area contributed by atoms with Crippen LogP contribution in [0.2, 0.25) is 0 Å². The number of aryl methyl sites for hydroxylation is 1. The van der Waals surface area contributed by atoms with Gasteiger partial charge in [-0.05, 0) is 13.3 Å². The van der Waals surface area contributed by atoms with E-state index in [9.17, 15) is 4.79 Å². The van der Waals surface area contributed by atoms with Crippen molar-refractivity contribution < 1.29 is 4.79 Å². The summed E-state index contributed by atoms with van der Waals surface area (Å²) < 4.78 is 0. The lowest BCUT2D eigenvalue weighted by Crippen LogP contribution is -2.53. The number of hydrogen-bond donors (Lipinski definition) is 1. The molecule has 1 amide bonds. The predicted molar refractivity (Wildman–Crippen MR) is 90.1 cm³/mol. The number of rotatable bonds is 4. The number of amides is 1. The molecule has 1 fully saturated rings. The van der Waals surface area contributed by atoms with E-state index in [1.54, 1.807) is 18.3 Å². The Hall–Kier alpha value is -1.63. The lowest BCUT2D eigenvalue weighted by Gasteiger charge is -2.36. The third-order valence-electron chi connectivity index (χ3n) is 3.67. The average Bonchev–Trinajstić information content (AvgIpc) is 2.99. The van der Waals surface area contributed by atoms with Crippen LogP contribution in [0.1, 0.15) is 30.7 Å². The summed E-state index contributed by atoms with van der Waals surface area (Å²) >= 11 is 1.73. The van der Waals surface area contributed by atoms with Crippen molar-refractivity contribution in [1.29, 1.82) is 0 Å². The molecule has 1 aromatic rings. The molecule has 0 radical (unpaired) electrons. The average molecular weight is 323 g/mol. The molecule has 22 heavy (non-hydrogen) atoms. The molecule has 0 aliphatic carbocycles. The van der Waals surface area contributed by atoms with Gasteiger partial charge in [-0.3, -0.25) is 4.79 Å². The highest BCUT2D eigenvalue weighted by molar-refractivity contribution is 7.11. The van der Waals surface area contributed by atoms with Crippen molar-refractivity contribution in [3.8, 4) is 0 Å². The standard InChI is InChI=1S/C15H25N5OS/c1-4-13-10-17-14(22-13)11-18-15(16-5-2)20-8-6-19(7-9-20)12(3)21/h10H,4-9,11H2,1-3H3,(H,16,18). The second-order valence-electron chi connectivity index (χ2n) is 5.24. The van der Waals surface area contributed by atoms with E-state index in [0.29, 0.717) is 6.54 Å². The van der Waals surface area contributed by atoms with Gasteiger partial charge in [0, 0.05) is 50.7 Å². The predicted octanol–water partition coefficient (Wildman–Crippen LogP) is 1.34. The van der Waals surface area contributed by atoms with Crippen molar-refractivity contribution in [1.82, 2.24) is 20.1 Å².